The van der Waals surface area contributed by atoms with Crippen LogP contribution in [-0.2, 0) is 32.7 Å². The van der Waals surface area contributed by atoms with Crippen LogP contribution in [0.2, 0.25) is 0 Å². The molecule has 0 aliphatic carbocycles. The highest BCUT2D eigenvalue weighted by Crippen LogP contribution is 2.38. The van der Waals surface area contributed by atoms with Crippen molar-refractivity contribution in [3.63, 3.8) is 0 Å². The Balaban J connectivity index is 3.94. The first kappa shape index (κ1) is 81.0. The Bertz CT molecular complexity index is 1340. The molecule has 0 bridgehead atoms. The summed E-state index contributed by atoms with van der Waals surface area (Å²) < 4.78 is 34.4. The van der Waals surface area contributed by atoms with E-state index in [-0.39, 0.29) is 32.0 Å². The number of hydrogen-bond donors (Lipinski definition) is 0. The predicted octanol–water partition coefficient (Wildman–Crippen LogP) is 23.1. The summed E-state index contributed by atoms with van der Waals surface area (Å²) in [4.78, 5) is 38.1. The molecule has 0 saturated heterocycles. The average molecular weight is 1180 g/mol. The van der Waals surface area contributed by atoms with Gasteiger partial charge in [-0.2, -0.15) is 0 Å². The van der Waals surface area contributed by atoms with Crippen molar-refractivity contribution < 1.29 is 42.1 Å². The SMILES string of the molecule is CCCCCCCCCCCCCCCCCCCCCCCCCCCCCCCCCC(=O)OC(COC(=O)CCCCCCCCCCCCCCCCCCCCCCCCCCCCC)COP(=O)([O-])OCC[N+](C)(C)C. The number of ether oxygens (including phenoxy) is 2. The van der Waals surface area contributed by atoms with E-state index in [4.69, 9.17) is 18.5 Å². The summed E-state index contributed by atoms with van der Waals surface area (Å²) in [6.45, 7) is 4.34. The lowest BCUT2D eigenvalue weighted by atomic mass is 10.0. The second-order valence-corrected chi connectivity index (χ2v) is 28.1. The molecule has 0 aromatic carbocycles. The van der Waals surface area contributed by atoms with Crippen molar-refractivity contribution in [1.29, 1.82) is 0 Å². The largest absolute Gasteiger partial charge is 0.756 e. The number of rotatable bonds is 70. The van der Waals surface area contributed by atoms with Crippen LogP contribution in [0.4, 0.5) is 0 Å². The number of quaternary nitrogens is 1. The number of nitrogens with zero attached hydrogens (tertiary/aromatic N) is 1. The maximum Gasteiger partial charge on any atom is 0.306 e. The van der Waals surface area contributed by atoms with Crippen LogP contribution in [0.25, 0.3) is 0 Å². The van der Waals surface area contributed by atoms with Crippen LogP contribution < -0.4 is 4.89 Å². The Kier molecular flexibility index (Phi) is 63.7. The van der Waals surface area contributed by atoms with Crippen molar-refractivity contribution in [3.8, 4) is 0 Å². The van der Waals surface area contributed by atoms with Crippen LogP contribution in [-0.4, -0.2) is 70.0 Å². The Hall–Kier alpha value is -0.990. The summed E-state index contributed by atoms with van der Waals surface area (Å²) in [6, 6.07) is 0. The number of phosphoric ester groups is 1. The molecule has 0 aromatic heterocycles. The quantitative estimate of drug-likeness (QED) is 0.0256. The van der Waals surface area contributed by atoms with Gasteiger partial charge < -0.3 is 27.9 Å². The molecule has 0 heterocycles. The number of hydrogen-bond acceptors (Lipinski definition) is 8. The third-order valence-corrected chi connectivity index (χ3v) is 18.1. The van der Waals surface area contributed by atoms with Gasteiger partial charge in [0.2, 0.25) is 0 Å². The van der Waals surface area contributed by atoms with E-state index in [1.807, 2.05) is 21.1 Å². The summed E-state index contributed by atoms with van der Waals surface area (Å²) in [5, 5.41) is 0. The minimum Gasteiger partial charge on any atom is -0.756 e. The minimum atomic E-state index is -4.64. The standard InChI is InChI=1S/C72H144NO8P/c1-6-8-10-12-14-16-18-20-22-24-26-28-30-32-34-35-36-37-39-41-43-45-47-49-51-53-55-57-59-61-63-65-72(75)81-70(69-80-82(76,77)79-67-66-73(3,4)5)68-78-71(74)64-62-60-58-56-54-52-50-48-46-44-42-40-38-33-31-29-27-25-23-21-19-17-15-13-11-9-7-2/h70H,6-69H2,1-5H3. The van der Waals surface area contributed by atoms with Crippen molar-refractivity contribution >= 4 is 19.8 Å². The van der Waals surface area contributed by atoms with Crippen molar-refractivity contribution in [3.05, 3.63) is 0 Å². The van der Waals surface area contributed by atoms with Gasteiger partial charge in [0.05, 0.1) is 27.7 Å². The van der Waals surface area contributed by atoms with E-state index in [1.54, 1.807) is 0 Å². The molecule has 0 radical (unpaired) electrons. The summed E-state index contributed by atoms with van der Waals surface area (Å²) in [5.41, 5.74) is 0. The van der Waals surface area contributed by atoms with E-state index in [0.717, 1.165) is 32.1 Å². The number of carbonyl (C=O) groups excluding carboxylic acids is 2. The van der Waals surface area contributed by atoms with E-state index in [1.165, 1.54) is 334 Å². The monoisotopic (exact) mass is 1180 g/mol. The average Bonchev–Trinajstić information content (AvgIpc) is 3.46. The van der Waals surface area contributed by atoms with Gasteiger partial charge in [0, 0.05) is 12.8 Å². The fourth-order valence-corrected chi connectivity index (χ4v) is 12.2. The van der Waals surface area contributed by atoms with Gasteiger partial charge in [0.1, 0.15) is 19.8 Å². The zero-order valence-corrected chi connectivity index (χ0v) is 56.9. The van der Waals surface area contributed by atoms with E-state index in [0.29, 0.717) is 17.4 Å². The van der Waals surface area contributed by atoms with Gasteiger partial charge in [-0.05, 0) is 12.8 Å². The third kappa shape index (κ3) is 68.1. The van der Waals surface area contributed by atoms with Crippen molar-refractivity contribution in [2.45, 2.75) is 405 Å². The number of phosphoric acid groups is 1. The highest BCUT2D eigenvalue weighted by Gasteiger charge is 2.22. The first-order valence-electron chi connectivity index (χ1n) is 36.7. The summed E-state index contributed by atoms with van der Waals surface area (Å²) in [6.07, 6.45) is 77.8. The lowest BCUT2D eigenvalue weighted by Crippen LogP contribution is -2.37. The molecule has 490 valence electrons. The molecule has 82 heavy (non-hydrogen) atoms. The van der Waals surface area contributed by atoms with Gasteiger partial charge in [-0.3, -0.25) is 14.2 Å². The van der Waals surface area contributed by atoms with Gasteiger partial charge in [-0.1, -0.05) is 373 Å². The molecule has 0 aliphatic heterocycles. The molecule has 10 heteroatoms. The van der Waals surface area contributed by atoms with E-state index in [9.17, 15) is 19.0 Å². The molecule has 0 fully saturated rings. The summed E-state index contributed by atoms with van der Waals surface area (Å²) in [5.74, 6) is -0.802. The fraction of sp³-hybridized carbons (Fsp3) is 0.972. The van der Waals surface area contributed by atoms with Gasteiger partial charge in [-0.25, -0.2) is 0 Å². The highest BCUT2D eigenvalue weighted by molar-refractivity contribution is 7.45. The van der Waals surface area contributed by atoms with Crippen molar-refractivity contribution in [2.75, 3.05) is 47.5 Å². The number of likely N-dealkylation sites (N-methyl/N-ethyl adjacent to an activating group) is 1. The van der Waals surface area contributed by atoms with Gasteiger partial charge >= 0.3 is 11.9 Å². The highest BCUT2D eigenvalue weighted by atomic mass is 31.2. The second-order valence-electron chi connectivity index (χ2n) is 26.7. The smallest absolute Gasteiger partial charge is 0.306 e. The maximum atomic E-state index is 12.9. The molecule has 0 spiro atoms. The Morgan fingerprint density at radius 2 is 0.549 bits per heavy atom. The molecular formula is C72H144NO8P. The zero-order chi connectivity index (χ0) is 59.8. The molecule has 0 rings (SSSR count). The van der Waals surface area contributed by atoms with Crippen LogP contribution in [0.15, 0.2) is 0 Å². The van der Waals surface area contributed by atoms with Crippen molar-refractivity contribution in [1.82, 2.24) is 0 Å². The van der Waals surface area contributed by atoms with E-state index in [2.05, 4.69) is 13.8 Å². The maximum absolute atomic E-state index is 12.9. The second kappa shape index (κ2) is 64.5. The Morgan fingerprint density at radius 3 is 0.780 bits per heavy atom. The first-order valence-corrected chi connectivity index (χ1v) is 38.2. The van der Waals surface area contributed by atoms with Gasteiger partial charge in [-0.15, -0.1) is 0 Å². The third-order valence-electron chi connectivity index (χ3n) is 17.1. The molecule has 2 unspecified atom stereocenters. The Morgan fingerprint density at radius 1 is 0.329 bits per heavy atom. The van der Waals surface area contributed by atoms with E-state index >= 15 is 0 Å². The molecular weight excluding hydrogens is 1040 g/mol. The van der Waals surface area contributed by atoms with Crippen LogP contribution in [0, 0.1) is 0 Å². The van der Waals surface area contributed by atoms with Gasteiger partial charge in [0.15, 0.2) is 6.10 Å². The molecule has 0 saturated carbocycles. The predicted molar refractivity (Wildman–Crippen MR) is 352 cm³/mol. The molecule has 9 nitrogen and oxygen atoms in total. The zero-order valence-electron chi connectivity index (χ0n) is 56.0. The van der Waals surface area contributed by atoms with Crippen molar-refractivity contribution in [2.24, 2.45) is 0 Å². The molecule has 2 atom stereocenters. The lowest BCUT2D eigenvalue weighted by Gasteiger charge is -2.28. The number of esters is 2. The van der Waals surface area contributed by atoms with Crippen LogP contribution >= 0.6 is 7.82 Å². The fourth-order valence-electron chi connectivity index (χ4n) is 11.5. The number of carbonyl (C=O) groups is 2. The number of unbranched alkanes of at least 4 members (excludes halogenated alkanes) is 56. The Labute approximate surface area is 512 Å². The van der Waals surface area contributed by atoms with Crippen LogP contribution in [0.3, 0.4) is 0 Å². The van der Waals surface area contributed by atoms with Gasteiger partial charge in [0.25, 0.3) is 7.82 Å². The van der Waals surface area contributed by atoms with Crippen LogP contribution in [0.1, 0.15) is 399 Å². The molecule has 0 aromatic rings. The normalized spacial score (nSPS) is 13.0. The summed E-state index contributed by atoms with van der Waals surface area (Å²) >= 11 is 0. The molecule has 0 aliphatic rings. The topological polar surface area (TPSA) is 111 Å². The van der Waals surface area contributed by atoms with Crippen LogP contribution in [0.5, 0.6) is 0 Å². The minimum absolute atomic E-state index is 0.0247. The van der Waals surface area contributed by atoms with E-state index < -0.39 is 26.5 Å². The summed E-state index contributed by atoms with van der Waals surface area (Å²) in [7, 11) is 1.20. The molecule has 0 amide bonds. The molecule has 0 N–H and O–H groups in total. The first-order chi connectivity index (χ1) is 40.0. The lowest BCUT2D eigenvalue weighted by molar-refractivity contribution is -0.870.